The van der Waals surface area contributed by atoms with Gasteiger partial charge in [-0.15, -0.1) is 5.10 Å². The van der Waals surface area contributed by atoms with Crippen LogP contribution in [0.5, 0.6) is 11.5 Å². The second kappa shape index (κ2) is 9.22. The number of benzene rings is 2. The Labute approximate surface area is 208 Å². The standard InChI is InChI=1S/C24H21F3N6O4/c1-23(10-21-28-22(33(34)35)12-31(21)14-23)15-37-20-5-3-2-4-19(20)32-11-17(29-30-32)13-36-18-8-6-16(7-9-18)24(25,26)27/h2-9,11-12H,10,13-15H2,1H3/t23-/m1/s1. The second-order valence-electron chi connectivity index (χ2n) is 9.11. The second-order valence-corrected chi connectivity index (χ2v) is 9.11. The van der Waals surface area contributed by atoms with Gasteiger partial charge in [-0.1, -0.05) is 24.3 Å². The maximum atomic E-state index is 12.7. The molecule has 37 heavy (non-hydrogen) atoms. The quantitative estimate of drug-likeness (QED) is 0.249. The molecule has 0 fully saturated rings. The summed E-state index contributed by atoms with van der Waals surface area (Å²) in [4.78, 5) is 14.5. The molecule has 0 N–H and O–H groups in total. The summed E-state index contributed by atoms with van der Waals surface area (Å²) >= 11 is 0. The topological polar surface area (TPSA) is 110 Å². The number of fused-ring (bicyclic) bond motifs is 1. The molecule has 0 unspecified atom stereocenters. The van der Waals surface area contributed by atoms with Crippen LogP contribution in [0.3, 0.4) is 0 Å². The number of para-hydroxylation sites is 2. The van der Waals surface area contributed by atoms with Crippen molar-refractivity contribution in [1.29, 1.82) is 0 Å². The smallest absolute Gasteiger partial charge is 0.416 e. The predicted octanol–water partition coefficient (Wildman–Crippen LogP) is 4.61. The molecule has 3 heterocycles. The number of ether oxygens (including phenoxy) is 2. The van der Waals surface area contributed by atoms with Gasteiger partial charge in [-0.05, 0) is 46.3 Å². The highest BCUT2D eigenvalue weighted by molar-refractivity contribution is 5.46. The van der Waals surface area contributed by atoms with Crippen molar-refractivity contribution in [1.82, 2.24) is 24.5 Å². The van der Waals surface area contributed by atoms with Crippen molar-refractivity contribution < 1.29 is 27.6 Å². The maximum absolute atomic E-state index is 12.7. The van der Waals surface area contributed by atoms with Crippen LogP contribution in [0.15, 0.2) is 60.9 Å². The summed E-state index contributed by atoms with van der Waals surface area (Å²) in [6, 6.07) is 11.7. The van der Waals surface area contributed by atoms with Crippen molar-refractivity contribution in [3.05, 3.63) is 88.1 Å². The summed E-state index contributed by atoms with van der Waals surface area (Å²) in [7, 11) is 0. The minimum absolute atomic E-state index is 0.0179. The summed E-state index contributed by atoms with van der Waals surface area (Å²) in [6.07, 6.45) is -0.775. The maximum Gasteiger partial charge on any atom is 0.416 e. The Morgan fingerprint density at radius 3 is 2.57 bits per heavy atom. The van der Waals surface area contributed by atoms with E-state index >= 15 is 0 Å². The highest BCUT2D eigenvalue weighted by Crippen LogP contribution is 2.35. The summed E-state index contributed by atoms with van der Waals surface area (Å²) in [6.45, 7) is 2.94. The van der Waals surface area contributed by atoms with E-state index in [2.05, 4.69) is 15.3 Å². The Balaban J connectivity index is 1.22. The average molecular weight is 514 g/mol. The van der Waals surface area contributed by atoms with Gasteiger partial charge in [0.15, 0.2) is 0 Å². The number of nitrogens with zero attached hydrogens (tertiary/aromatic N) is 6. The van der Waals surface area contributed by atoms with Crippen molar-refractivity contribution in [2.75, 3.05) is 6.61 Å². The molecule has 0 saturated carbocycles. The molecule has 2 aromatic carbocycles. The lowest BCUT2D eigenvalue weighted by Gasteiger charge is -2.23. The molecule has 4 aromatic rings. The number of nitro groups is 1. The van der Waals surface area contributed by atoms with E-state index in [1.807, 2.05) is 25.1 Å². The van der Waals surface area contributed by atoms with Gasteiger partial charge in [-0.3, -0.25) is 0 Å². The van der Waals surface area contributed by atoms with Gasteiger partial charge < -0.3 is 24.2 Å². The largest absolute Gasteiger partial charge is 0.491 e. The molecule has 1 aliphatic rings. The number of rotatable bonds is 8. The minimum atomic E-state index is -4.41. The first-order valence-corrected chi connectivity index (χ1v) is 11.2. The SMILES string of the molecule is C[C@@]1(COc2ccccc2-n2cc(COc3ccc(C(F)(F)F)cc3)nn2)Cc2nc([N+](=O)[O-])cn2C1. The van der Waals surface area contributed by atoms with E-state index in [9.17, 15) is 23.3 Å². The molecule has 0 radical (unpaired) electrons. The Hall–Kier alpha value is -4.42. The number of hydrogen-bond acceptors (Lipinski definition) is 7. The van der Waals surface area contributed by atoms with Gasteiger partial charge >= 0.3 is 12.0 Å². The Morgan fingerprint density at radius 2 is 1.86 bits per heavy atom. The molecular weight excluding hydrogens is 493 g/mol. The fourth-order valence-corrected chi connectivity index (χ4v) is 4.15. The van der Waals surface area contributed by atoms with Crippen molar-refractivity contribution in [2.24, 2.45) is 5.41 Å². The summed E-state index contributed by atoms with van der Waals surface area (Å²) < 4.78 is 53.2. The molecule has 5 rings (SSSR count). The van der Waals surface area contributed by atoms with Crippen molar-refractivity contribution in [2.45, 2.75) is 32.7 Å². The molecule has 192 valence electrons. The third-order valence-electron chi connectivity index (χ3n) is 5.97. The van der Waals surface area contributed by atoms with Crippen LogP contribution in [-0.4, -0.2) is 36.1 Å². The molecule has 13 heteroatoms. The van der Waals surface area contributed by atoms with Gasteiger partial charge in [0.2, 0.25) is 5.82 Å². The van der Waals surface area contributed by atoms with Crippen molar-refractivity contribution in [3.63, 3.8) is 0 Å². The molecule has 1 atom stereocenters. The number of halogens is 3. The summed E-state index contributed by atoms with van der Waals surface area (Å²) in [5.41, 5.74) is 0.0726. The molecule has 0 saturated heterocycles. The van der Waals surface area contributed by atoms with E-state index in [0.717, 1.165) is 12.1 Å². The van der Waals surface area contributed by atoms with Gasteiger partial charge in [0.25, 0.3) is 0 Å². The zero-order chi connectivity index (χ0) is 26.2. The molecule has 1 aliphatic heterocycles. The van der Waals surface area contributed by atoms with Crippen molar-refractivity contribution in [3.8, 4) is 17.2 Å². The average Bonchev–Trinajstić information content (AvgIpc) is 3.55. The first-order valence-electron chi connectivity index (χ1n) is 11.2. The van der Waals surface area contributed by atoms with Crippen LogP contribution < -0.4 is 9.47 Å². The van der Waals surface area contributed by atoms with Crippen LogP contribution in [0.2, 0.25) is 0 Å². The van der Waals surface area contributed by atoms with E-state index in [1.54, 1.807) is 16.8 Å². The normalized spacial score (nSPS) is 17.0. The van der Waals surface area contributed by atoms with Gasteiger partial charge in [0.05, 0.1) is 18.4 Å². The third-order valence-corrected chi connectivity index (χ3v) is 5.97. The van der Waals surface area contributed by atoms with Crippen LogP contribution >= 0.6 is 0 Å². The lowest BCUT2D eigenvalue weighted by atomic mass is 9.90. The highest BCUT2D eigenvalue weighted by Gasteiger charge is 2.39. The third kappa shape index (κ3) is 5.25. The highest BCUT2D eigenvalue weighted by atomic mass is 19.4. The fourth-order valence-electron chi connectivity index (χ4n) is 4.15. The zero-order valence-corrected chi connectivity index (χ0v) is 19.6. The van der Waals surface area contributed by atoms with Crippen LogP contribution in [0.25, 0.3) is 5.69 Å². The molecule has 2 aromatic heterocycles. The zero-order valence-electron chi connectivity index (χ0n) is 19.6. The van der Waals surface area contributed by atoms with E-state index in [1.165, 1.54) is 23.0 Å². The molecule has 0 aliphatic carbocycles. The number of alkyl halides is 3. The molecule has 0 amide bonds. The summed E-state index contributed by atoms with van der Waals surface area (Å²) in [5, 5.41) is 19.2. The number of imidazole rings is 1. The Bertz CT molecular complexity index is 1410. The van der Waals surface area contributed by atoms with Crippen LogP contribution in [0, 0.1) is 15.5 Å². The van der Waals surface area contributed by atoms with Crippen LogP contribution in [-0.2, 0) is 25.7 Å². The van der Waals surface area contributed by atoms with Gasteiger partial charge in [0, 0.05) is 18.4 Å². The predicted molar refractivity (Wildman–Crippen MR) is 123 cm³/mol. The molecular formula is C24H21F3N6O4. The number of hydrogen-bond donors (Lipinski definition) is 0. The first kappa shape index (κ1) is 24.3. The fraction of sp³-hybridized carbons (Fsp3) is 0.292. The van der Waals surface area contributed by atoms with E-state index in [-0.39, 0.29) is 23.6 Å². The molecule has 0 spiro atoms. The molecule has 0 bridgehead atoms. The summed E-state index contributed by atoms with van der Waals surface area (Å²) in [5.74, 6) is 1.34. The van der Waals surface area contributed by atoms with Gasteiger partial charge in [0.1, 0.15) is 35.7 Å². The van der Waals surface area contributed by atoms with Gasteiger partial charge in [-0.25, -0.2) is 4.68 Å². The van der Waals surface area contributed by atoms with Gasteiger partial charge in [-0.2, -0.15) is 13.2 Å². The van der Waals surface area contributed by atoms with Crippen molar-refractivity contribution >= 4 is 5.82 Å². The van der Waals surface area contributed by atoms with Crippen LogP contribution in [0.1, 0.15) is 24.0 Å². The Morgan fingerprint density at radius 1 is 1.11 bits per heavy atom. The van der Waals surface area contributed by atoms with E-state index in [0.29, 0.717) is 42.5 Å². The monoisotopic (exact) mass is 514 g/mol. The van der Waals surface area contributed by atoms with Crippen LogP contribution in [0.4, 0.5) is 19.0 Å². The Kier molecular flexibility index (Phi) is 6.05. The minimum Gasteiger partial charge on any atom is -0.491 e. The van der Waals surface area contributed by atoms with E-state index < -0.39 is 16.7 Å². The lowest BCUT2D eigenvalue weighted by molar-refractivity contribution is -0.389. The lowest BCUT2D eigenvalue weighted by Crippen LogP contribution is -2.27. The first-order chi connectivity index (χ1) is 17.6. The number of aromatic nitrogens is 5. The molecule has 10 nitrogen and oxygen atoms in total. The van der Waals surface area contributed by atoms with E-state index in [4.69, 9.17) is 9.47 Å².